The number of nitrogens with two attached hydrogens (primary N) is 1. The van der Waals surface area contributed by atoms with Gasteiger partial charge in [-0.3, -0.25) is 9.59 Å². The third-order valence-electron chi connectivity index (χ3n) is 32.0. The predicted octanol–water partition coefficient (Wildman–Crippen LogP) is 16.0. The summed E-state index contributed by atoms with van der Waals surface area (Å²) < 4.78 is 33.5. The standard InChI is InChI=1S/C45H70O4.C37H63NO4.Na.H/c1-29(2)32(6)41(9)22-23-43(11)34-18-19-36-42(10)27-47-28-45(36,24-31(5)38(42)49-26-40(7,8)30(3)4)35(34)20-21-44(43,12)37(41)39(46)48-25-33-16-14-13-15-17-33;1-22(2)25(6)32(7)16-17-34(9)26-12-13-28-33(8)19-41-21-37(28,27(26)14-15-35(34,10)29(32)31(39)40)18-24(5)30(33)42-20-36(11,38)23(3)4;;/h13-17,20,29-32,34,36-38H,18-19,21-28H2,1-12H3;14,22-26,28-30H,12-13,15-21,38H2,1-11H3,(H,39,40);;/q;;+1;-1/t31-,32-,34+,36+,37-,38+,41-,42-,43-,44+,45+;24-,25-,26+,28+,29-,30+,32-,33-,34-,35+,36+,37+;;/m11../s1. The molecule has 0 spiro atoms. The van der Waals surface area contributed by atoms with Crippen LogP contribution in [-0.4, -0.2) is 74.4 Å². The minimum absolute atomic E-state index is 0. The van der Waals surface area contributed by atoms with Gasteiger partial charge in [-0.05, 0) is 198 Å². The SMILES string of the molecule is CC(C)[C@@H](C)[C@@]1(C)CC[C@]2(C)[C@H]3CC[C@@H]4[C@@]5(COC[C@@]4(C)[C@@H](OCC(C)(C)C(C)C)[C@H](C)C5)C3=CC[C@@]2(C)[C@@H]1C(=O)OCc1ccccc1.CC(C)[C@@H](C)[C@@]1(C)CC[C@]2(C)[C@H]3CC[C@@H]4[C@@]5(COC[C@@]4(C)[C@@H](OC[C@](C)(N)C(C)C)[C@H](C)C5)C3=CC[C@@]2(C)[C@@H]1C(=O)O.[H-].[Na+]. The van der Waals surface area contributed by atoms with Crippen LogP contribution in [0.25, 0.3) is 0 Å². The zero-order valence-corrected chi connectivity index (χ0v) is 65.1. The molecule has 8 fully saturated rings. The second-order valence-electron chi connectivity index (χ2n) is 38.1. The maximum atomic E-state index is 14.7. The first kappa shape index (κ1) is 74.7. The number of esters is 1. The van der Waals surface area contributed by atoms with Gasteiger partial charge in [0.25, 0.3) is 0 Å². The summed E-state index contributed by atoms with van der Waals surface area (Å²) in [5.74, 6) is 4.38. The van der Waals surface area contributed by atoms with Crippen molar-refractivity contribution in [1.82, 2.24) is 0 Å². The van der Waals surface area contributed by atoms with Crippen molar-refractivity contribution in [3.05, 3.63) is 59.2 Å². The fraction of sp³-hybridized carbons (Fsp3) is 0.854. The largest absolute Gasteiger partial charge is 1.00 e. The molecule has 8 aliphatic carbocycles. The summed E-state index contributed by atoms with van der Waals surface area (Å²) in [6, 6.07) is 10.2. The van der Waals surface area contributed by atoms with Gasteiger partial charge in [-0.15, -0.1) is 0 Å². The molecule has 11 rings (SSSR count). The number of hydrogen-bond acceptors (Lipinski definition) is 8. The molecule has 9 nitrogen and oxygen atoms in total. The van der Waals surface area contributed by atoms with Crippen molar-refractivity contribution in [3.63, 3.8) is 0 Å². The van der Waals surface area contributed by atoms with Crippen molar-refractivity contribution in [1.29, 1.82) is 0 Å². The van der Waals surface area contributed by atoms with Gasteiger partial charge in [-0.2, -0.15) is 0 Å². The van der Waals surface area contributed by atoms with Crippen LogP contribution < -0.4 is 35.3 Å². The number of carbonyl (C=O) groups excluding carboxylic acids is 1. The van der Waals surface area contributed by atoms with Crippen molar-refractivity contribution < 1.29 is 69.4 Å². The Morgan fingerprint density at radius 1 is 0.598 bits per heavy atom. The Kier molecular flexibility index (Phi) is 21.0. The van der Waals surface area contributed by atoms with E-state index in [4.69, 9.17) is 29.4 Å². The molecule has 516 valence electrons. The molecule has 10 aliphatic rings. The molecule has 2 saturated heterocycles. The second kappa shape index (κ2) is 25.9. The number of fused-ring (bicyclic) bond motifs is 6. The summed E-state index contributed by atoms with van der Waals surface area (Å²) in [4.78, 5) is 28.0. The van der Waals surface area contributed by atoms with Gasteiger partial charge in [0, 0.05) is 27.2 Å². The molecule has 10 heteroatoms. The Hall–Kier alpha value is -1.56. The molecular weight excluding hydrogens is 1150 g/mol. The summed E-state index contributed by atoms with van der Waals surface area (Å²) >= 11 is 0. The number of carbonyl (C=O) groups is 2. The van der Waals surface area contributed by atoms with E-state index >= 15 is 0 Å². The third kappa shape index (κ3) is 11.4. The fourth-order valence-electron chi connectivity index (χ4n) is 24.4. The van der Waals surface area contributed by atoms with Gasteiger partial charge in [0.15, 0.2) is 0 Å². The van der Waals surface area contributed by atoms with Gasteiger partial charge < -0.3 is 36.0 Å². The average molecular weight is 1280 g/mol. The Balaban J connectivity index is 0.000000237. The Morgan fingerprint density at radius 3 is 1.43 bits per heavy atom. The van der Waals surface area contributed by atoms with Gasteiger partial charge in [-0.25, -0.2) is 0 Å². The van der Waals surface area contributed by atoms with E-state index in [2.05, 4.69) is 184 Å². The van der Waals surface area contributed by atoms with E-state index in [9.17, 15) is 14.7 Å². The van der Waals surface area contributed by atoms with Crippen molar-refractivity contribution in [2.24, 2.45) is 148 Å². The minimum Gasteiger partial charge on any atom is -1.00 e. The van der Waals surface area contributed by atoms with E-state index in [1.807, 2.05) is 18.2 Å². The van der Waals surface area contributed by atoms with Gasteiger partial charge >= 0.3 is 41.5 Å². The molecule has 3 N–H and O–H groups in total. The molecule has 2 heterocycles. The summed E-state index contributed by atoms with van der Waals surface area (Å²) in [7, 11) is 0. The van der Waals surface area contributed by atoms with Crippen LogP contribution in [0.1, 0.15) is 243 Å². The minimum atomic E-state index is -0.588. The van der Waals surface area contributed by atoms with Crippen molar-refractivity contribution in [2.45, 2.75) is 261 Å². The third-order valence-corrected chi connectivity index (χ3v) is 32.0. The van der Waals surface area contributed by atoms with E-state index in [1.165, 1.54) is 19.3 Å². The normalized spacial score (nSPS) is 45.0. The Labute approximate surface area is 585 Å². The molecule has 2 aliphatic heterocycles. The first-order chi connectivity index (χ1) is 42.2. The van der Waals surface area contributed by atoms with E-state index in [-0.39, 0.29) is 126 Å². The zero-order valence-electron chi connectivity index (χ0n) is 64.1. The van der Waals surface area contributed by atoms with E-state index in [1.54, 1.807) is 11.1 Å². The van der Waals surface area contributed by atoms with Crippen LogP contribution in [0.2, 0.25) is 0 Å². The van der Waals surface area contributed by atoms with Crippen molar-refractivity contribution >= 4 is 11.9 Å². The number of ether oxygens (including phenoxy) is 5. The molecule has 92 heavy (non-hydrogen) atoms. The summed E-state index contributed by atoms with van der Waals surface area (Å²) in [6.07, 6.45) is 18.6. The fourth-order valence-corrected chi connectivity index (χ4v) is 24.4. The summed E-state index contributed by atoms with van der Waals surface area (Å²) in [5, 5.41) is 10.9. The maximum Gasteiger partial charge on any atom is 1.00 e. The number of allylic oxidation sites excluding steroid dienone is 2. The quantitative estimate of drug-likeness (QED) is 0.0945. The molecule has 23 atom stereocenters. The van der Waals surface area contributed by atoms with Crippen LogP contribution in [0.3, 0.4) is 0 Å². The van der Waals surface area contributed by atoms with Crippen LogP contribution in [0.4, 0.5) is 0 Å². The number of carboxylic acids is 1. The van der Waals surface area contributed by atoms with Crippen molar-refractivity contribution in [2.75, 3.05) is 39.6 Å². The second-order valence-corrected chi connectivity index (χ2v) is 38.1. The first-order valence-electron chi connectivity index (χ1n) is 37.2. The molecule has 1 aromatic carbocycles. The molecule has 0 radical (unpaired) electrons. The Morgan fingerprint density at radius 2 is 1.02 bits per heavy atom. The first-order valence-corrected chi connectivity index (χ1v) is 37.2. The van der Waals surface area contributed by atoms with Crippen LogP contribution in [0, 0.1) is 142 Å². The van der Waals surface area contributed by atoms with Crippen LogP contribution >= 0.6 is 0 Å². The zero-order chi connectivity index (χ0) is 67.0. The summed E-state index contributed by atoms with van der Waals surface area (Å²) in [5.41, 5.74) is 10.0. The molecule has 1 aromatic rings. The maximum absolute atomic E-state index is 14.7. The number of benzene rings is 1. The number of hydrogen-bond donors (Lipinski definition) is 2. The molecule has 0 unspecified atom stereocenters. The van der Waals surface area contributed by atoms with Gasteiger partial charge in [0.05, 0.1) is 63.7 Å². The molecular formula is C82H134NNaO8. The molecule has 0 amide bonds. The molecule has 0 aromatic heterocycles. The molecule has 4 bridgehead atoms. The number of rotatable bonds is 16. The molecule has 6 saturated carbocycles. The topological polar surface area (TPSA) is 127 Å². The van der Waals surface area contributed by atoms with Crippen LogP contribution in [-0.2, 0) is 39.9 Å². The van der Waals surface area contributed by atoms with E-state index in [0.29, 0.717) is 84.2 Å². The van der Waals surface area contributed by atoms with Gasteiger partial charge in [-0.1, -0.05) is 206 Å². The summed E-state index contributed by atoms with van der Waals surface area (Å²) in [6.45, 7) is 59.0. The number of carboxylic acid groups (broad SMARTS) is 1. The van der Waals surface area contributed by atoms with Crippen LogP contribution in [0.15, 0.2) is 53.6 Å². The van der Waals surface area contributed by atoms with Gasteiger partial charge in [0.2, 0.25) is 0 Å². The van der Waals surface area contributed by atoms with E-state index in [0.717, 1.165) is 96.4 Å². The number of aliphatic carboxylic acids is 1. The van der Waals surface area contributed by atoms with Crippen molar-refractivity contribution in [3.8, 4) is 0 Å². The van der Waals surface area contributed by atoms with Gasteiger partial charge in [0.1, 0.15) is 6.61 Å². The predicted molar refractivity (Wildman–Crippen MR) is 371 cm³/mol. The monoisotopic (exact) mass is 1280 g/mol. The average Bonchev–Trinajstić information content (AvgIpc) is 0.680. The smallest absolute Gasteiger partial charge is 1.00 e. The van der Waals surface area contributed by atoms with Crippen LogP contribution in [0.5, 0.6) is 0 Å². The Bertz CT molecular complexity index is 2890. The van der Waals surface area contributed by atoms with E-state index < -0.39 is 5.97 Å².